The Morgan fingerprint density at radius 1 is 1.41 bits per heavy atom. The monoisotopic (exact) mass is 491 g/mol. The summed E-state index contributed by atoms with van der Waals surface area (Å²) in [5.74, 6) is -0.806. The molecule has 178 valence electrons. The van der Waals surface area contributed by atoms with Gasteiger partial charge in [-0.15, -0.1) is 12.4 Å². The van der Waals surface area contributed by atoms with Gasteiger partial charge in [-0.05, 0) is 30.4 Å². The van der Waals surface area contributed by atoms with E-state index >= 15 is 0 Å². The quantitative estimate of drug-likeness (QED) is 0.564. The number of anilines is 2. The number of nitrogens with two attached hydrogens (primary N) is 1. The van der Waals surface area contributed by atoms with Crippen LogP contribution in [-0.2, 0) is 14.3 Å². The molecule has 3 rings (SSSR count). The number of rotatable bonds is 5. The number of hydrogen-bond donors (Lipinski definition) is 2. The van der Waals surface area contributed by atoms with Gasteiger partial charge in [0.1, 0.15) is 11.9 Å². The Bertz CT molecular complexity index is 857. The van der Waals surface area contributed by atoms with Gasteiger partial charge in [-0.25, -0.2) is 9.18 Å². The van der Waals surface area contributed by atoms with Crippen LogP contribution in [0.1, 0.15) is 0 Å². The Hall–Kier alpha value is -2.41. The lowest BCUT2D eigenvalue weighted by atomic mass is 10.2. The number of hydrogen-bond acceptors (Lipinski definition) is 8. The van der Waals surface area contributed by atoms with Crippen molar-refractivity contribution < 1.29 is 28.6 Å². The lowest BCUT2D eigenvalue weighted by Crippen LogP contribution is -2.54. The van der Waals surface area contributed by atoms with Crippen molar-refractivity contribution in [3.63, 3.8) is 0 Å². The fourth-order valence-electron chi connectivity index (χ4n) is 3.52. The van der Waals surface area contributed by atoms with Gasteiger partial charge in [0.15, 0.2) is 6.23 Å². The molecule has 2 atom stereocenters. The fourth-order valence-corrected chi connectivity index (χ4v) is 3.64. The molecular weight excluding hydrogens is 465 g/mol. The maximum atomic E-state index is 14.9. The van der Waals surface area contributed by atoms with E-state index in [4.69, 9.17) is 32.5 Å². The number of thiocarbonyl (C=S) groups is 1. The molecule has 1 aromatic carbocycles. The first-order valence-electron chi connectivity index (χ1n) is 9.75. The van der Waals surface area contributed by atoms with Crippen LogP contribution in [0, 0.1) is 5.82 Å². The van der Waals surface area contributed by atoms with Crippen LogP contribution in [0.15, 0.2) is 18.2 Å². The molecule has 0 aromatic heterocycles. The molecule has 13 heteroatoms. The number of nitrogens with zero attached hydrogens (tertiary/aromatic N) is 4. The Morgan fingerprint density at radius 2 is 2.06 bits per heavy atom. The summed E-state index contributed by atoms with van der Waals surface area (Å²) in [4.78, 5) is 30.6. The number of aliphatic hydroxyl groups excluding tert-OH is 1. The van der Waals surface area contributed by atoms with E-state index in [1.807, 2.05) is 4.90 Å². The normalized spacial score (nSPS) is 19.2. The molecule has 10 nitrogen and oxygen atoms in total. The van der Waals surface area contributed by atoms with Gasteiger partial charge in [-0.1, -0.05) is 0 Å². The molecule has 0 bridgehead atoms. The summed E-state index contributed by atoms with van der Waals surface area (Å²) in [6, 6.07) is 3.60. The van der Waals surface area contributed by atoms with Gasteiger partial charge in [-0.3, -0.25) is 14.6 Å². The largest absolute Gasteiger partial charge is 0.474 e. The van der Waals surface area contributed by atoms with E-state index in [0.29, 0.717) is 37.6 Å². The molecule has 32 heavy (non-hydrogen) atoms. The molecular formula is C19H27ClFN5O5S. The highest BCUT2D eigenvalue weighted by Gasteiger charge is 2.36. The van der Waals surface area contributed by atoms with E-state index in [1.165, 1.54) is 23.0 Å². The number of halogens is 2. The highest BCUT2D eigenvalue weighted by Crippen LogP contribution is 2.29. The number of piperazine rings is 1. The van der Waals surface area contributed by atoms with Crippen molar-refractivity contribution in [2.45, 2.75) is 12.3 Å². The lowest BCUT2D eigenvalue weighted by molar-refractivity contribution is -0.133. The maximum Gasteiger partial charge on any atom is 0.416 e. The number of methoxy groups -OCH3 is 1. The third-order valence-electron chi connectivity index (χ3n) is 5.38. The predicted octanol–water partition coefficient (Wildman–Crippen LogP) is 0.362. The zero-order chi connectivity index (χ0) is 22.7. The first-order valence-corrected chi connectivity index (χ1v) is 10.2. The summed E-state index contributed by atoms with van der Waals surface area (Å²) in [6.45, 7) is 1.35. The van der Waals surface area contributed by atoms with Crippen LogP contribution in [0.25, 0.3) is 0 Å². The molecule has 0 spiro atoms. The van der Waals surface area contributed by atoms with Crippen molar-refractivity contribution in [1.82, 2.24) is 9.80 Å². The van der Waals surface area contributed by atoms with E-state index in [1.54, 1.807) is 24.1 Å². The minimum Gasteiger partial charge on any atom is -0.474 e. The maximum absolute atomic E-state index is 14.9. The molecule has 1 unspecified atom stereocenters. The smallest absolute Gasteiger partial charge is 0.416 e. The molecule has 2 saturated heterocycles. The van der Waals surface area contributed by atoms with Gasteiger partial charge < -0.3 is 30.1 Å². The molecule has 2 heterocycles. The Balaban J connectivity index is 0.00000363. The SMILES string of the molecule is COC(=S)N(C)C1CN(c2ccc(N3CCN(C(=O)[C@@H](N)CO)CC3)c(F)c2)C(=O)O1.Cl. The third kappa shape index (κ3) is 5.31. The van der Waals surface area contributed by atoms with Crippen molar-refractivity contribution in [3.8, 4) is 0 Å². The van der Waals surface area contributed by atoms with Crippen molar-refractivity contribution >= 4 is 53.2 Å². The van der Waals surface area contributed by atoms with Crippen molar-refractivity contribution in [2.75, 3.05) is 63.3 Å². The second-order valence-corrected chi connectivity index (χ2v) is 7.62. The number of carbonyl (C=O) groups is 2. The number of likely N-dealkylation sites (N-methyl/N-ethyl adjacent to an activating group) is 1. The Morgan fingerprint density at radius 3 is 2.62 bits per heavy atom. The number of carbonyl (C=O) groups excluding carboxylic acids is 2. The summed E-state index contributed by atoms with van der Waals surface area (Å²) < 4.78 is 25.2. The molecule has 0 saturated carbocycles. The van der Waals surface area contributed by atoms with Gasteiger partial charge in [-0.2, -0.15) is 0 Å². The highest BCUT2D eigenvalue weighted by molar-refractivity contribution is 7.80. The molecule has 2 amide bonds. The second-order valence-electron chi connectivity index (χ2n) is 7.27. The third-order valence-corrected chi connectivity index (χ3v) is 5.83. The van der Waals surface area contributed by atoms with Crippen LogP contribution in [0.4, 0.5) is 20.6 Å². The van der Waals surface area contributed by atoms with E-state index in [0.717, 1.165) is 0 Å². The number of amides is 2. The number of cyclic esters (lactones) is 1. The van der Waals surface area contributed by atoms with Gasteiger partial charge >= 0.3 is 6.09 Å². The van der Waals surface area contributed by atoms with Crippen molar-refractivity contribution in [3.05, 3.63) is 24.0 Å². The van der Waals surface area contributed by atoms with Crippen LogP contribution in [0.2, 0.25) is 0 Å². The Labute approximate surface area is 197 Å². The molecule has 1 aromatic rings. The summed E-state index contributed by atoms with van der Waals surface area (Å²) in [7, 11) is 3.08. The molecule has 0 radical (unpaired) electrons. The van der Waals surface area contributed by atoms with Crippen LogP contribution in [0.3, 0.4) is 0 Å². The first-order chi connectivity index (χ1) is 14.8. The average molecular weight is 492 g/mol. The van der Waals surface area contributed by atoms with Gasteiger partial charge in [0.2, 0.25) is 5.91 Å². The summed E-state index contributed by atoms with van der Waals surface area (Å²) >= 11 is 5.05. The molecule has 3 N–H and O–H groups in total. The van der Waals surface area contributed by atoms with Crippen molar-refractivity contribution in [2.24, 2.45) is 5.73 Å². The summed E-state index contributed by atoms with van der Waals surface area (Å²) in [6.07, 6.45) is -1.24. The molecule has 2 aliphatic rings. The van der Waals surface area contributed by atoms with E-state index in [9.17, 15) is 14.0 Å². The van der Waals surface area contributed by atoms with Crippen LogP contribution in [0.5, 0.6) is 0 Å². The number of aliphatic hydroxyl groups is 1. The molecule has 0 aliphatic carbocycles. The zero-order valence-corrected chi connectivity index (χ0v) is 19.4. The molecule has 2 fully saturated rings. The summed E-state index contributed by atoms with van der Waals surface area (Å²) in [5.41, 5.74) is 6.33. The molecule has 2 aliphatic heterocycles. The van der Waals surface area contributed by atoms with Gasteiger partial charge in [0, 0.05) is 33.2 Å². The predicted molar refractivity (Wildman–Crippen MR) is 122 cm³/mol. The van der Waals surface area contributed by atoms with Crippen LogP contribution >= 0.6 is 24.6 Å². The first kappa shape index (κ1) is 25.8. The van der Waals surface area contributed by atoms with Crippen LogP contribution < -0.4 is 15.5 Å². The van der Waals surface area contributed by atoms with E-state index in [-0.39, 0.29) is 30.0 Å². The minimum absolute atomic E-state index is 0. The standard InChI is InChI=1S/C19H26FN5O5S.ClH/c1-22(19(31)29-2)16-10-25(18(28)30-16)12-3-4-15(13(20)9-12)23-5-7-24(8-6-23)17(27)14(21)11-26;/h3-4,9,14,16,26H,5-8,10-11,21H2,1-2H3;1H/t14-,16?;/m0./s1. The number of ether oxygens (including phenoxy) is 2. The number of benzene rings is 1. The van der Waals surface area contributed by atoms with Crippen LogP contribution in [-0.4, -0.2) is 97.8 Å². The van der Waals surface area contributed by atoms with Crippen molar-refractivity contribution in [1.29, 1.82) is 0 Å². The van der Waals surface area contributed by atoms with E-state index in [2.05, 4.69) is 0 Å². The lowest BCUT2D eigenvalue weighted by Gasteiger charge is -2.37. The second kappa shape index (κ2) is 10.9. The minimum atomic E-state index is -0.941. The average Bonchev–Trinajstić information content (AvgIpc) is 3.18. The Kier molecular flexibility index (Phi) is 8.84. The topological polar surface area (TPSA) is 112 Å². The van der Waals surface area contributed by atoms with E-state index < -0.39 is 30.8 Å². The van der Waals surface area contributed by atoms with Gasteiger partial charge in [0.05, 0.1) is 31.6 Å². The summed E-state index contributed by atoms with van der Waals surface area (Å²) in [5, 5.41) is 9.22. The van der Waals surface area contributed by atoms with Gasteiger partial charge in [0.25, 0.3) is 5.17 Å². The zero-order valence-electron chi connectivity index (χ0n) is 17.8. The highest BCUT2D eigenvalue weighted by atomic mass is 35.5. The fraction of sp³-hybridized carbons (Fsp3) is 0.526.